The minimum absolute atomic E-state index is 0.206. The Kier molecular flexibility index (Phi) is 6.03. The van der Waals surface area contributed by atoms with Gasteiger partial charge in [0.1, 0.15) is 11.6 Å². The predicted molar refractivity (Wildman–Crippen MR) is 75.1 cm³/mol. The highest BCUT2D eigenvalue weighted by Gasteiger charge is 2.36. The zero-order valence-electron chi connectivity index (χ0n) is 11.7. The molecule has 0 radical (unpaired) electrons. The van der Waals surface area contributed by atoms with E-state index in [2.05, 4.69) is 0 Å². The van der Waals surface area contributed by atoms with E-state index in [9.17, 15) is 19.7 Å². The Balaban J connectivity index is 3.21. The molecule has 0 bridgehead atoms. The summed E-state index contributed by atoms with van der Waals surface area (Å²) in [7, 11) is 0. The van der Waals surface area contributed by atoms with Gasteiger partial charge < -0.3 is 0 Å². The van der Waals surface area contributed by atoms with Crippen LogP contribution in [0, 0.1) is 16.0 Å². The van der Waals surface area contributed by atoms with Gasteiger partial charge in [-0.3, -0.25) is 19.7 Å². The molecular formula is C15H19NO4. The Morgan fingerprint density at radius 3 is 2.00 bits per heavy atom. The quantitative estimate of drug-likeness (QED) is 0.416. The largest absolute Gasteiger partial charge is 0.299 e. The number of carbonyl (C=O) groups is 2. The number of hydrogen-bond donors (Lipinski definition) is 0. The zero-order valence-corrected chi connectivity index (χ0v) is 11.7. The van der Waals surface area contributed by atoms with Gasteiger partial charge in [-0.2, -0.15) is 0 Å². The summed E-state index contributed by atoms with van der Waals surface area (Å²) in [6.07, 6.45) is 0.412. The molecule has 1 aromatic carbocycles. The van der Waals surface area contributed by atoms with Gasteiger partial charge in [0.05, 0.1) is 11.8 Å². The lowest BCUT2D eigenvalue weighted by molar-refractivity contribution is -0.484. The summed E-state index contributed by atoms with van der Waals surface area (Å²) >= 11 is 0. The van der Waals surface area contributed by atoms with E-state index < -0.39 is 23.3 Å². The highest BCUT2D eigenvalue weighted by molar-refractivity contribution is 6.03. The van der Waals surface area contributed by atoms with Crippen molar-refractivity contribution in [3.05, 3.63) is 46.0 Å². The Labute approximate surface area is 118 Å². The minimum Gasteiger partial charge on any atom is -0.299 e. The van der Waals surface area contributed by atoms with Crippen molar-refractivity contribution in [3.8, 4) is 0 Å². The molecule has 1 atom stereocenters. The highest BCUT2D eigenvalue weighted by atomic mass is 16.6. The van der Waals surface area contributed by atoms with Crippen LogP contribution >= 0.6 is 0 Å². The van der Waals surface area contributed by atoms with Crippen molar-refractivity contribution in [2.45, 2.75) is 32.6 Å². The van der Waals surface area contributed by atoms with Crippen LogP contribution in [-0.4, -0.2) is 23.0 Å². The van der Waals surface area contributed by atoms with E-state index in [1.165, 1.54) is 0 Å². The first-order valence-electron chi connectivity index (χ1n) is 6.73. The topological polar surface area (TPSA) is 77.3 Å². The normalized spacial score (nSPS) is 12.2. The van der Waals surface area contributed by atoms with Gasteiger partial charge in [-0.1, -0.05) is 44.2 Å². The average molecular weight is 277 g/mol. The molecule has 5 heteroatoms. The second-order valence-corrected chi connectivity index (χ2v) is 4.65. The van der Waals surface area contributed by atoms with Crippen LogP contribution in [0.15, 0.2) is 30.3 Å². The molecule has 0 unspecified atom stereocenters. The molecule has 0 amide bonds. The number of ketones is 2. The Bertz CT molecular complexity index is 468. The third kappa shape index (κ3) is 3.98. The van der Waals surface area contributed by atoms with Gasteiger partial charge in [0.15, 0.2) is 0 Å². The van der Waals surface area contributed by atoms with Crippen molar-refractivity contribution in [1.29, 1.82) is 0 Å². The fourth-order valence-corrected chi connectivity index (χ4v) is 2.33. The lowest BCUT2D eigenvalue weighted by Gasteiger charge is -2.22. The summed E-state index contributed by atoms with van der Waals surface area (Å²) in [5.41, 5.74) is 0.665. The first-order valence-corrected chi connectivity index (χ1v) is 6.73. The summed E-state index contributed by atoms with van der Waals surface area (Å²) in [6.45, 7) is 2.94. The summed E-state index contributed by atoms with van der Waals surface area (Å²) in [4.78, 5) is 34.6. The number of carbonyl (C=O) groups excluding carboxylic acids is 2. The molecule has 0 aliphatic carbocycles. The Hall–Kier alpha value is -2.04. The maximum absolute atomic E-state index is 12.1. The average Bonchev–Trinajstić information content (AvgIpc) is 2.46. The standard InChI is InChI=1S/C15H19NO4/c1-3-13(17)15(14(18)4-2)12(10-16(19)20)11-8-6-5-7-9-11/h5-9,12,15H,3-4,10H2,1-2H3/t12-/m1/s1. The molecule has 20 heavy (non-hydrogen) atoms. The van der Waals surface area contributed by atoms with E-state index in [-0.39, 0.29) is 24.4 Å². The van der Waals surface area contributed by atoms with Crippen LogP contribution in [0.4, 0.5) is 0 Å². The third-order valence-electron chi connectivity index (χ3n) is 3.37. The molecule has 0 spiro atoms. The molecule has 0 saturated carbocycles. The van der Waals surface area contributed by atoms with Gasteiger partial charge in [-0.15, -0.1) is 0 Å². The molecule has 5 nitrogen and oxygen atoms in total. The molecule has 1 rings (SSSR count). The van der Waals surface area contributed by atoms with Crippen molar-refractivity contribution in [3.63, 3.8) is 0 Å². The minimum atomic E-state index is -0.919. The van der Waals surface area contributed by atoms with Crippen LogP contribution in [0.2, 0.25) is 0 Å². The smallest absolute Gasteiger partial charge is 0.211 e. The van der Waals surface area contributed by atoms with Gasteiger partial charge in [-0.25, -0.2) is 0 Å². The van der Waals surface area contributed by atoms with E-state index in [0.717, 1.165) is 0 Å². The van der Waals surface area contributed by atoms with Crippen molar-refractivity contribution >= 4 is 11.6 Å². The van der Waals surface area contributed by atoms with E-state index in [1.54, 1.807) is 44.2 Å². The van der Waals surface area contributed by atoms with E-state index in [0.29, 0.717) is 5.56 Å². The first-order chi connectivity index (χ1) is 9.51. The van der Waals surface area contributed by atoms with Gasteiger partial charge >= 0.3 is 0 Å². The monoisotopic (exact) mass is 277 g/mol. The molecule has 1 aromatic rings. The number of nitro groups is 1. The van der Waals surface area contributed by atoms with Gasteiger partial charge in [0.2, 0.25) is 6.54 Å². The molecule has 0 fully saturated rings. The number of rotatable bonds is 8. The maximum Gasteiger partial charge on any atom is 0.211 e. The van der Waals surface area contributed by atoms with Gasteiger partial charge in [0, 0.05) is 17.8 Å². The van der Waals surface area contributed by atoms with Gasteiger partial charge in [0.25, 0.3) is 0 Å². The fraction of sp³-hybridized carbons (Fsp3) is 0.467. The second kappa shape index (κ2) is 7.53. The van der Waals surface area contributed by atoms with Crippen LogP contribution < -0.4 is 0 Å². The van der Waals surface area contributed by atoms with Crippen LogP contribution in [0.5, 0.6) is 0 Å². The number of benzene rings is 1. The van der Waals surface area contributed by atoms with Gasteiger partial charge in [-0.05, 0) is 5.56 Å². The number of hydrogen-bond acceptors (Lipinski definition) is 4. The summed E-state index contributed by atoms with van der Waals surface area (Å²) in [5.74, 6) is -2.07. The second-order valence-electron chi connectivity index (χ2n) is 4.65. The van der Waals surface area contributed by atoms with Crippen LogP contribution in [0.3, 0.4) is 0 Å². The molecule has 0 N–H and O–H groups in total. The fourth-order valence-electron chi connectivity index (χ4n) is 2.33. The molecule has 0 aromatic heterocycles. The first kappa shape index (κ1) is 16.0. The molecule has 0 heterocycles. The molecule has 0 saturated heterocycles. The van der Waals surface area contributed by atoms with E-state index >= 15 is 0 Å². The number of Topliss-reactive ketones (excluding diaryl/α,β-unsaturated/α-hetero) is 2. The van der Waals surface area contributed by atoms with Crippen molar-refractivity contribution in [2.24, 2.45) is 5.92 Å². The predicted octanol–water partition coefficient (Wildman–Crippen LogP) is 2.62. The molecule has 108 valence electrons. The Morgan fingerprint density at radius 1 is 1.10 bits per heavy atom. The van der Waals surface area contributed by atoms with E-state index in [4.69, 9.17) is 0 Å². The summed E-state index contributed by atoms with van der Waals surface area (Å²) < 4.78 is 0. The zero-order chi connectivity index (χ0) is 15.1. The SMILES string of the molecule is CCC(=O)C(C(=O)CC)[C@H](C[N+](=O)[O-])c1ccccc1. The van der Waals surface area contributed by atoms with Crippen molar-refractivity contribution in [1.82, 2.24) is 0 Å². The molecular weight excluding hydrogens is 258 g/mol. The van der Waals surface area contributed by atoms with Crippen LogP contribution in [0.25, 0.3) is 0 Å². The molecule has 0 aliphatic rings. The van der Waals surface area contributed by atoms with Crippen LogP contribution in [-0.2, 0) is 9.59 Å². The lowest BCUT2D eigenvalue weighted by atomic mass is 9.79. The van der Waals surface area contributed by atoms with Crippen molar-refractivity contribution in [2.75, 3.05) is 6.54 Å². The van der Waals surface area contributed by atoms with Crippen LogP contribution in [0.1, 0.15) is 38.2 Å². The molecule has 0 aliphatic heterocycles. The van der Waals surface area contributed by atoms with E-state index in [1.807, 2.05) is 0 Å². The third-order valence-corrected chi connectivity index (χ3v) is 3.37. The summed E-state index contributed by atoms with van der Waals surface area (Å²) in [6, 6.07) is 8.77. The number of nitrogens with zero attached hydrogens (tertiary/aromatic N) is 1. The lowest BCUT2D eigenvalue weighted by Crippen LogP contribution is -2.33. The highest BCUT2D eigenvalue weighted by Crippen LogP contribution is 2.28. The maximum atomic E-state index is 12.1. The summed E-state index contributed by atoms with van der Waals surface area (Å²) in [5, 5.41) is 10.9. The Morgan fingerprint density at radius 2 is 1.60 bits per heavy atom. The van der Waals surface area contributed by atoms with Crippen molar-refractivity contribution < 1.29 is 14.5 Å².